The number of fused-ring (bicyclic) bond motifs is 1. The van der Waals surface area contributed by atoms with Crippen molar-refractivity contribution < 1.29 is 8.42 Å². The maximum absolute atomic E-state index is 12.4. The fourth-order valence-corrected chi connectivity index (χ4v) is 5.16. The van der Waals surface area contributed by atoms with E-state index in [1.165, 1.54) is 29.0 Å². The Hall–Kier alpha value is -3.10. The number of para-hydroxylation sites is 1. The SMILES string of the molecule is O=S(=O)(Nc1cccc(C2CCN(Cc3c[nH]c4ccccc34)C2)c1)c1cnc[nH]1. The normalized spacial score (nSPS) is 17.5. The van der Waals surface area contributed by atoms with Crippen molar-refractivity contribution in [3.8, 4) is 0 Å². The van der Waals surface area contributed by atoms with Gasteiger partial charge in [0.2, 0.25) is 0 Å². The van der Waals surface area contributed by atoms with Gasteiger partial charge in [0.25, 0.3) is 10.0 Å². The lowest BCUT2D eigenvalue weighted by Crippen LogP contribution is -2.19. The molecule has 1 atom stereocenters. The molecule has 0 spiro atoms. The summed E-state index contributed by atoms with van der Waals surface area (Å²) in [5.74, 6) is 0.381. The molecule has 7 nitrogen and oxygen atoms in total. The molecule has 1 saturated heterocycles. The molecule has 3 heterocycles. The van der Waals surface area contributed by atoms with Crippen LogP contribution in [0.15, 0.2) is 72.3 Å². The van der Waals surface area contributed by atoms with Gasteiger partial charge in [-0.25, -0.2) is 4.98 Å². The fraction of sp³-hybridized carbons (Fsp3) is 0.227. The summed E-state index contributed by atoms with van der Waals surface area (Å²) in [5.41, 5.74) is 4.20. The molecule has 0 saturated carbocycles. The summed E-state index contributed by atoms with van der Waals surface area (Å²) in [6.45, 7) is 2.89. The Balaban J connectivity index is 1.28. The number of aromatic amines is 2. The maximum atomic E-state index is 12.4. The molecule has 3 N–H and O–H groups in total. The molecule has 0 aliphatic carbocycles. The predicted octanol–water partition coefficient (Wildman–Crippen LogP) is 3.68. The van der Waals surface area contributed by atoms with Gasteiger partial charge < -0.3 is 9.97 Å². The third kappa shape index (κ3) is 3.71. The molecule has 1 aliphatic heterocycles. The Labute approximate surface area is 175 Å². The smallest absolute Gasteiger partial charge is 0.278 e. The minimum absolute atomic E-state index is 0.0543. The summed E-state index contributed by atoms with van der Waals surface area (Å²) in [7, 11) is -3.66. The molecule has 2 aromatic heterocycles. The molecule has 0 amide bonds. The highest BCUT2D eigenvalue weighted by molar-refractivity contribution is 7.92. The van der Waals surface area contributed by atoms with Crippen LogP contribution >= 0.6 is 0 Å². The number of imidazole rings is 1. The Kier molecular flexibility index (Phi) is 4.80. The lowest BCUT2D eigenvalue weighted by atomic mass is 9.98. The molecule has 1 unspecified atom stereocenters. The molecule has 4 aromatic rings. The van der Waals surface area contributed by atoms with E-state index in [-0.39, 0.29) is 5.03 Å². The molecule has 0 radical (unpaired) electrons. The Morgan fingerprint density at radius 1 is 1.13 bits per heavy atom. The van der Waals surface area contributed by atoms with Crippen molar-refractivity contribution in [1.82, 2.24) is 19.9 Å². The van der Waals surface area contributed by atoms with Crippen LogP contribution in [0.3, 0.4) is 0 Å². The molecule has 2 aromatic carbocycles. The average molecular weight is 422 g/mol. The zero-order valence-electron chi connectivity index (χ0n) is 16.4. The minimum atomic E-state index is -3.66. The second-order valence-electron chi connectivity index (χ2n) is 7.73. The molecular weight excluding hydrogens is 398 g/mol. The van der Waals surface area contributed by atoms with E-state index in [0.29, 0.717) is 11.6 Å². The van der Waals surface area contributed by atoms with Crippen LogP contribution in [0.2, 0.25) is 0 Å². The summed E-state index contributed by atoms with van der Waals surface area (Å²) >= 11 is 0. The van der Waals surface area contributed by atoms with Crippen molar-refractivity contribution in [1.29, 1.82) is 0 Å². The number of aromatic nitrogens is 3. The maximum Gasteiger partial charge on any atom is 0.278 e. The van der Waals surface area contributed by atoms with E-state index >= 15 is 0 Å². The van der Waals surface area contributed by atoms with Crippen molar-refractivity contribution in [3.05, 3.63) is 78.4 Å². The van der Waals surface area contributed by atoms with E-state index in [9.17, 15) is 8.42 Å². The summed E-state index contributed by atoms with van der Waals surface area (Å²) in [4.78, 5) is 12.2. The number of H-pyrrole nitrogens is 2. The Morgan fingerprint density at radius 2 is 2.03 bits per heavy atom. The van der Waals surface area contributed by atoms with Gasteiger partial charge in [0.05, 0.1) is 12.5 Å². The van der Waals surface area contributed by atoms with Crippen molar-refractivity contribution in [2.24, 2.45) is 0 Å². The number of sulfonamides is 1. The van der Waals surface area contributed by atoms with Gasteiger partial charge >= 0.3 is 0 Å². The van der Waals surface area contributed by atoms with Crippen molar-refractivity contribution in [2.75, 3.05) is 17.8 Å². The predicted molar refractivity (Wildman–Crippen MR) is 117 cm³/mol. The van der Waals surface area contributed by atoms with Crippen LogP contribution < -0.4 is 4.72 Å². The van der Waals surface area contributed by atoms with Crippen molar-refractivity contribution in [2.45, 2.75) is 23.9 Å². The lowest BCUT2D eigenvalue weighted by molar-refractivity contribution is 0.328. The van der Waals surface area contributed by atoms with E-state index in [0.717, 1.165) is 31.6 Å². The summed E-state index contributed by atoms with van der Waals surface area (Å²) in [5, 5.41) is 1.33. The van der Waals surface area contributed by atoms with E-state index in [1.807, 2.05) is 18.2 Å². The molecule has 1 fully saturated rings. The van der Waals surface area contributed by atoms with Gasteiger partial charge in [-0.2, -0.15) is 8.42 Å². The highest BCUT2D eigenvalue weighted by Gasteiger charge is 2.25. The van der Waals surface area contributed by atoms with Gasteiger partial charge in [0.15, 0.2) is 5.03 Å². The van der Waals surface area contributed by atoms with E-state index < -0.39 is 10.0 Å². The Bertz CT molecular complexity index is 1260. The summed E-state index contributed by atoms with van der Waals surface area (Å²) < 4.78 is 27.5. The molecule has 8 heteroatoms. The third-order valence-corrected chi connectivity index (χ3v) is 7.02. The van der Waals surface area contributed by atoms with E-state index in [1.54, 1.807) is 6.07 Å². The van der Waals surface area contributed by atoms with Crippen LogP contribution in [0.1, 0.15) is 23.5 Å². The van der Waals surface area contributed by atoms with E-state index in [4.69, 9.17) is 0 Å². The zero-order chi connectivity index (χ0) is 20.6. The molecule has 154 valence electrons. The third-order valence-electron chi connectivity index (χ3n) is 5.71. The van der Waals surface area contributed by atoms with Gasteiger partial charge in [-0.3, -0.25) is 9.62 Å². The molecule has 1 aliphatic rings. The van der Waals surface area contributed by atoms with E-state index in [2.05, 4.69) is 55.0 Å². The molecular formula is C22H23N5O2S. The summed E-state index contributed by atoms with van der Waals surface area (Å²) in [6, 6.07) is 16.1. The van der Waals surface area contributed by atoms with Crippen molar-refractivity contribution in [3.63, 3.8) is 0 Å². The first kappa shape index (κ1) is 18.9. The second kappa shape index (κ2) is 7.62. The second-order valence-corrected chi connectivity index (χ2v) is 9.38. The molecule has 5 rings (SSSR count). The number of hydrogen-bond donors (Lipinski definition) is 3. The van der Waals surface area contributed by atoms with Gasteiger partial charge in [0, 0.05) is 35.9 Å². The van der Waals surface area contributed by atoms with Gasteiger partial charge in [-0.05, 0) is 48.2 Å². The van der Waals surface area contributed by atoms with Gasteiger partial charge in [-0.1, -0.05) is 30.3 Å². The highest BCUT2D eigenvalue weighted by Crippen LogP contribution is 2.31. The first-order valence-corrected chi connectivity index (χ1v) is 11.5. The topological polar surface area (TPSA) is 93.9 Å². The first-order valence-electron chi connectivity index (χ1n) is 9.97. The van der Waals surface area contributed by atoms with Crippen LogP contribution in [0.5, 0.6) is 0 Å². The fourth-order valence-electron chi connectivity index (χ4n) is 4.21. The number of rotatable bonds is 6. The largest absolute Gasteiger partial charge is 0.361 e. The van der Waals surface area contributed by atoms with Gasteiger partial charge in [-0.15, -0.1) is 0 Å². The van der Waals surface area contributed by atoms with Crippen molar-refractivity contribution >= 4 is 26.6 Å². The average Bonchev–Trinajstić information content (AvgIpc) is 3.50. The molecule has 0 bridgehead atoms. The number of likely N-dealkylation sites (tertiary alicyclic amines) is 1. The van der Waals surface area contributed by atoms with Crippen LogP contribution in [-0.4, -0.2) is 41.4 Å². The van der Waals surface area contributed by atoms with Crippen LogP contribution in [0, 0.1) is 0 Å². The van der Waals surface area contributed by atoms with Crippen LogP contribution in [0.4, 0.5) is 5.69 Å². The summed E-state index contributed by atoms with van der Waals surface area (Å²) in [6.07, 6.45) is 5.81. The number of nitrogens with one attached hydrogen (secondary N) is 3. The number of hydrogen-bond acceptors (Lipinski definition) is 4. The lowest BCUT2D eigenvalue weighted by Gasteiger charge is -2.16. The highest BCUT2D eigenvalue weighted by atomic mass is 32.2. The monoisotopic (exact) mass is 421 g/mol. The number of benzene rings is 2. The Morgan fingerprint density at radius 3 is 2.90 bits per heavy atom. The first-order chi connectivity index (χ1) is 14.6. The number of anilines is 1. The standard InChI is InChI=1S/C22H23N5O2S/c28-30(29,22-12-23-15-25-22)26-19-5-3-4-16(10-19)17-8-9-27(13-17)14-18-11-24-21-7-2-1-6-20(18)21/h1-7,10-12,15,17,24,26H,8-9,13-14H2,(H,23,25). The quantitative estimate of drug-likeness (QED) is 0.443. The number of nitrogens with zero attached hydrogens (tertiary/aromatic N) is 2. The van der Waals surface area contributed by atoms with Crippen LogP contribution in [-0.2, 0) is 16.6 Å². The molecule has 30 heavy (non-hydrogen) atoms. The van der Waals surface area contributed by atoms with Crippen LogP contribution in [0.25, 0.3) is 10.9 Å². The van der Waals surface area contributed by atoms with Gasteiger partial charge in [0.1, 0.15) is 0 Å². The minimum Gasteiger partial charge on any atom is -0.361 e. The zero-order valence-corrected chi connectivity index (χ0v) is 17.2.